The van der Waals surface area contributed by atoms with E-state index in [1.54, 1.807) is 6.07 Å². The smallest absolute Gasteiger partial charge is 0.229 e. The van der Waals surface area contributed by atoms with Crippen molar-refractivity contribution in [2.24, 2.45) is 0 Å². The highest BCUT2D eigenvalue weighted by atomic mass is 16.6. The first-order chi connectivity index (χ1) is 10.3. The first kappa shape index (κ1) is 13.4. The van der Waals surface area contributed by atoms with Gasteiger partial charge < -0.3 is 19.1 Å². The molecule has 2 unspecified atom stereocenters. The zero-order valence-corrected chi connectivity index (χ0v) is 11.1. The van der Waals surface area contributed by atoms with Crippen LogP contribution >= 0.6 is 0 Å². The fourth-order valence-electron chi connectivity index (χ4n) is 2.01. The first-order valence-electron chi connectivity index (χ1n) is 6.52. The molecule has 2 aromatic rings. The number of nitrogens with zero attached hydrogens (tertiary/aromatic N) is 3. The molecule has 108 valence electrons. The quantitative estimate of drug-likeness (QED) is 0.906. The lowest BCUT2D eigenvalue weighted by atomic mass is 10.2. The first-order valence-corrected chi connectivity index (χ1v) is 6.52. The van der Waals surface area contributed by atoms with E-state index in [1.165, 1.54) is 0 Å². The van der Waals surface area contributed by atoms with Crippen LogP contribution in [0.1, 0.15) is 24.2 Å². The molecule has 1 aromatic carbocycles. The second-order valence-corrected chi connectivity index (χ2v) is 4.63. The van der Waals surface area contributed by atoms with E-state index in [2.05, 4.69) is 10.1 Å². The molecule has 7 heteroatoms. The number of hydrogen-bond acceptors (Lipinski definition) is 7. The Bertz CT molecular complexity index is 664. The maximum absolute atomic E-state index is 9.55. The number of para-hydroxylation sites is 2. The molecule has 7 nitrogen and oxygen atoms in total. The third kappa shape index (κ3) is 2.95. The Labute approximate surface area is 120 Å². The Morgan fingerprint density at radius 2 is 2.19 bits per heavy atom. The molecule has 0 amide bonds. The average molecular weight is 287 g/mol. The number of hydrogen-bond donors (Lipinski definition) is 1. The Balaban J connectivity index is 1.69. The van der Waals surface area contributed by atoms with Gasteiger partial charge in [0.05, 0.1) is 25.0 Å². The van der Waals surface area contributed by atoms with E-state index in [0.29, 0.717) is 17.3 Å². The van der Waals surface area contributed by atoms with Crippen molar-refractivity contribution in [3.8, 4) is 17.6 Å². The predicted octanol–water partition coefficient (Wildman–Crippen LogP) is 1.40. The molecular weight excluding hydrogens is 274 g/mol. The van der Waals surface area contributed by atoms with Crippen LogP contribution in [0.4, 0.5) is 0 Å². The predicted molar refractivity (Wildman–Crippen MR) is 69.5 cm³/mol. The summed E-state index contributed by atoms with van der Waals surface area (Å²) in [6.45, 7) is 0.288. The number of aliphatic hydroxyl groups is 1. The molecule has 0 saturated heterocycles. The number of nitriles is 1. The van der Waals surface area contributed by atoms with E-state index < -0.39 is 12.2 Å². The average Bonchev–Trinajstić information content (AvgIpc) is 2.95. The van der Waals surface area contributed by atoms with Gasteiger partial charge in [0.25, 0.3) is 0 Å². The van der Waals surface area contributed by atoms with Gasteiger partial charge in [-0.3, -0.25) is 0 Å². The molecule has 1 aliphatic rings. The zero-order valence-electron chi connectivity index (χ0n) is 11.1. The van der Waals surface area contributed by atoms with Gasteiger partial charge in [0, 0.05) is 0 Å². The number of fused-ring (bicyclic) bond motifs is 1. The molecule has 0 saturated carbocycles. The van der Waals surface area contributed by atoms with Gasteiger partial charge >= 0.3 is 0 Å². The summed E-state index contributed by atoms with van der Waals surface area (Å²) in [4.78, 5) is 4.18. The Kier molecular flexibility index (Phi) is 3.71. The highest BCUT2D eigenvalue weighted by molar-refractivity contribution is 5.40. The molecule has 2 atom stereocenters. The van der Waals surface area contributed by atoms with Crippen molar-refractivity contribution in [2.45, 2.75) is 25.0 Å². The lowest BCUT2D eigenvalue weighted by molar-refractivity contribution is 0.0832. The second-order valence-electron chi connectivity index (χ2n) is 4.63. The van der Waals surface area contributed by atoms with Gasteiger partial charge in [0.2, 0.25) is 11.7 Å². The van der Waals surface area contributed by atoms with E-state index in [4.69, 9.17) is 19.3 Å². The molecular formula is C14H13N3O4. The van der Waals surface area contributed by atoms with Gasteiger partial charge in [-0.1, -0.05) is 17.3 Å². The van der Waals surface area contributed by atoms with Crippen LogP contribution in [0.25, 0.3) is 0 Å². The molecule has 0 fully saturated rings. The van der Waals surface area contributed by atoms with Crippen molar-refractivity contribution in [2.75, 3.05) is 6.61 Å². The molecule has 1 aliphatic heterocycles. The fraction of sp³-hybridized carbons (Fsp3) is 0.357. The normalized spacial score (nSPS) is 18.0. The van der Waals surface area contributed by atoms with Crippen LogP contribution in [0.2, 0.25) is 0 Å². The van der Waals surface area contributed by atoms with Gasteiger partial charge in [-0.2, -0.15) is 10.2 Å². The van der Waals surface area contributed by atoms with Crippen molar-refractivity contribution in [1.29, 1.82) is 5.26 Å². The van der Waals surface area contributed by atoms with Gasteiger partial charge in [0.1, 0.15) is 6.61 Å². The number of aliphatic hydroxyl groups excluding tert-OH is 1. The summed E-state index contributed by atoms with van der Waals surface area (Å²) in [5.74, 6) is 1.95. The third-order valence-electron chi connectivity index (χ3n) is 3.02. The molecule has 3 rings (SSSR count). The Morgan fingerprint density at radius 1 is 1.38 bits per heavy atom. The maximum Gasteiger partial charge on any atom is 0.229 e. The fourth-order valence-corrected chi connectivity index (χ4v) is 2.01. The lowest BCUT2D eigenvalue weighted by Gasteiger charge is -2.24. The summed E-state index contributed by atoms with van der Waals surface area (Å²) in [5, 5.41) is 21.9. The maximum atomic E-state index is 9.55. The largest absolute Gasteiger partial charge is 0.485 e. The summed E-state index contributed by atoms with van der Waals surface area (Å²) in [5.41, 5.74) is 0. The van der Waals surface area contributed by atoms with E-state index in [9.17, 15) is 5.11 Å². The Hall–Kier alpha value is -2.59. The van der Waals surface area contributed by atoms with Gasteiger partial charge in [-0.15, -0.1) is 0 Å². The summed E-state index contributed by atoms with van der Waals surface area (Å²) < 4.78 is 16.4. The number of benzene rings is 1. The summed E-state index contributed by atoms with van der Waals surface area (Å²) >= 11 is 0. The van der Waals surface area contributed by atoms with E-state index in [0.717, 1.165) is 0 Å². The van der Waals surface area contributed by atoms with Crippen LogP contribution in [0.3, 0.4) is 0 Å². The topological polar surface area (TPSA) is 101 Å². The molecule has 1 N–H and O–H groups in total. The van der Waals surface area contributed by atoms with E-state index >= 15 is 0 Å². The van der Waals surface area contributed by atoms with Gasteiger partial charge in [0.15, 0.2) is 17.6 Å². The van der Waals surface area contributed by atoms with Crippen LogP contribution in [0.15, 0.2) is 28.8 Å². The van der Waals surface area contributed by atoms with Crippen LogP contribution in [-0.2, 0) is 6.42 Å². The van der Waals surface area contributed by atoms with Crippen LogP contribution in [0.5, 0.6) is 11.5 Å². The van der Waals surface area contributed by atoms with Crippen molar-refractivity contribution in [3.63, 3.8) is 0 Å². The Morgan fingerprint density at radius 3 is 3.00 bits per heavy atom. The number of aromatic nitrogens is 2. The molecule has 2 heterocycles. The molecule has 0 bridgehead atoms. The zero-order chi connectivity index (χ0) is 14.7. The highest BCUT2D eigenvalue weighted by Crippen LogP contribution is 2.35. The molecule has 0 radical (unpaired) electrons. The van der Waals surface area contributed by atoms with Gasteiger partial charge in [-0.05, 0) is 12.1 Å². The summed E-state index contributed by atoms with van der Waals surface area (Å²) in [7, 11) is 0. The van der Waals surface area contributed by atoms with Crippen molar-refractivity contribution < 1.29 is 19.1 Å². The van der Waals surface area contributed by atoms with E-state index in [1.807, 2.05) is 24.3 Å². The second kappa shape index (κ2) is 5.81. The molecule has 1 aromatic heterocycles. The summed E-state index contributed by atoms with van der Waals surface area (Å²) in [6.07, 6.45) is -1.10. The standard InChI is InChI=1S/C14H13N3O4/c15-6-5-9(18)7-13-16-14(17-21-13)12-8-19-10-3-1-2-4-11(10)20-12/h1-4,9,12,18H,5,7-8H2. The number of ether oxygens (including phenoxy) is 2. The monoisotopic (exact) mass is 287 g/mol. The van der Waals surface area contributed by atoms with E-state index in [-0.39, 0.29) is 25.3 Å². The van der Waals surface area contributed by atoms with Crippen LogP contribution in [0, 0.1) is 11.3 Å². The highest BCUT2D eigenvalue weighted by Gasteiger charge is 2.27. The molecule has 0 spiro atoms. The minimum absolute atomic E-state index is 0.0220. The minimum Gasteiger partial charge on any atom is -0.485 e. The summed E-state index contributed by atoms with van der Waals surface area (Å²) in [6, 6.07) is 9.23. The van der Waals surface area contributed by atoms with Crippen LogP contribution in [-0.4, -0.2) is 28.0 Å². The minimum atomic E-state index is -0.812. The van der Waals surface area contributed by atoms with Crippen molar-refractivity contribution in [1.82, 2.24) is 10.1 Å². The van der Waals surface area contributed by atoms with Crippen LogP contribution < -0.4 is 9.47 Å². The van der Waals surface area contributed by atoms with Crippen molar-refractivity contribution in [3.05, 3.63) is 36.0 Å². The SMILES string of the molecule is N#CCC(O)Cc1nc(C2COc3ccccc3O2)no1. The molecule has 0 aliphatic carbocycles. The lowest BCUT2D eigenvalue weighted by Crippen LogP contribution is -2.22. The third-order valence-corrected chi connectivity index (χ3v) is 3.02. The van der Waals surface area contributed by atoms with Gasteiger partial charge in [-0.25, -0.2) is 0 Å². The number of rotatable bonds is 4. The molecule has 21 heavy (non-hydrogen) atoms. The van der Waals surface area contributed by atoms with Crippen molar-refractivity contribution >= 4 is 0 Å².